The highest BCUT2D eigenvalue weighted by Crippen LogP contribution is 3.02. The van der Waals surface area contributed by atoms with Gasteiger partial charge < -0.3 is 19.5 Å². The Labute approximate surface area is 254 Å². The van der Waals surface area contributed by atoms with E-state index in [4.69, 9.17) is 9.47 Å². The first kappa shape index (κ1) is 32.2. The van der Waals surface area contributed by atoms with Gasteiger partial charge >= 0.3 is 10.2 Å². The molecule has 3 aromatic rings. The zero-order valence-electron chi connectivity index (χ0n) is 24.4. The third-order valence-electron chi connectivity index (χ3n) is 8.50. The summed E-state index contributed by atoms with van der Waals surface area (Å²) in [5.74, 6) is 1.36. The van der Waals surface area contributed by atoms with Crippen LogP contribution >= 0.6 is 10.2 Å². The van der Waals surface area contributed by atoms with Gasteiger partial charge in [-0.05, 0) is 91.3 Å². The summed E-state index contributed by atoms with van der Waals surface area (Å²) in [6, 6.07) is 15.7. The number of hydrogen-bond donors (Lipinski definition) is 1. The lowest BCUT2D eigenvalue weighted by atomic mass is 9.82. The Morgan fingerprint density at radius 2 is 1.50 bits per heavy atom. The van der Waals surface area contributed by atoms with Gasteiger partial charge in [0, 0.05) is 51.0 Å². The molecule has 1 aliphatic carbocycles. The van der Waals surface area contributed by atoms with E-state index >= 15 is 0 Å². The van der Waals surface area contributed by atoms with Crippen LogP contribution in [-0.4, -0.2) is 60.2 Å². The van der Waals surface area contributed by atoms with E-state index in [0.29, 0.717) is 85.1 Å². The van der Waals surface area contributed by atoms with Gasteiger partial charge in [0.1, 0.15) is 16.4 Å². The predicted octanol–water partition coefficient (Wildman–Crippen LogP) is 8.26. The number of ether oxygens (including phenoxy) is 2. The van der Waals surface area contributed by atoms with Gasteiger partial charge in [-0.3, -0.25) is 9.69 Å². The molecule has 1 N–H and O–H groups in total. The van der Waals surface area contributed by atoms with Crippen molar-refractivity contribution in [1.29, 1.82) is 0 Å². The Hall–Kier alpha value is -3.19. The fraction of sp³-hybridized carbons (Fsp3) is 0.406. The average Bonchev–Trinajstić information content (AvgIpc) is 3.01. The summed E-state index contributed by atoms with van der Waals surface area (Å²) in [5, 5.41) is 10.00. The molecular weight excluding hydrogens is 603 g/mol. The second kappa shape index (κ2) is 12.0. The van der Waals surface area contributed by atoms with Crippen molar-refractivity contribution in [1.82, 2.24) is 9.80 Å². The maximum absolute atomic E-state index is 13.1. The third kappa shape index (κ3) is 7.90. The van der Waals surface area contributed by atoms with Gasteiger partial charge in [-0.15, -0.1) is 0 Å². The van der Waals surface area contributed by atoms with Crippen LogP contribution in [0.25, 0.3) is 0 Å². The number of amides is 1. The largest absolute Gasteiger partial charge is 0.457 e. The molecule has 0 bridgehead atoms. The second-order valence-corrected chi connectivity index (χ2v) is 14.0. The van der Waals surface area contributed by atoms with Crippen molar-refractivity contribution in [3.8, 4) is 11.5 Å². The third-order valence-corrected chi connectivity index (χ3v) is 9.66. The van der Waals surface area contributed by atoms with Crippen LogP contribution in [0.4, 0.5) is 19.4 Å². The molecule has 0 atom stereocenters. The van der Waals surface area contributed by atoms with Crippen molar-refractivity contribution in [2.24, 2.45) is 0 Å². The second-order valence-electron chi connectivity index (χ2n) is 11.5. The summed E-state index contributed by atoms with van der Waals surface area (Å²) in [6.07, 6.45) is 4.43. The number of hydrogen-bond acceptors (Lipinski definition) is 5. The van der Waals surface area contributed by atoms with Crippen LogP contribution in [0.5, 0.6) is 11.5 Å². The smallest absolute Gasteiger partial charge is 0.310 e. The van der Waals surface area contributed by atoms with E-state index in [0.717, 1.165) is 37.8 Å². The number of carbonyl (C=O) groups is 1. The minimum Gasteiger partial charge on any atom is -0.457 e. The van der Waals surface area contributed by atoms with Gasteiger partial charge in [-0.2, -0.15) is 0 Å². The molecule has 1 aliphatic heterocycles. The van der Waals surface area contributed by atoms with Crippen LogP contribution < -0.4 is 4.74 Å². The lowest BCUT2D eigenvalue weighted by Crippen LogP contribution is -2.48. The van der Waals surface area contributed by atoms with E-state index in [-0.39, 0.29) is 12.5 Å². The van der Waals surface area contributed by atoms with Gasteiger partial charge in [0.2, 0.25) is 0 Å². The van der Waals surface area contributed by atoms with Crippen molar-refractivity contribution in [2.75, 3.05) is 33.3 Å². The normalized spacial score (nSPS) is 21.4. The Kier molecular flexibility index (Phi) is 8.75. The summed E-state index contributed by atoms with van der Waals surface area (Å²) in [4.78, 5) is 14.9. The van der Waals surface area contributed by atoms with Crippen molar-refractivity contribution in [2.45, 2.75) is 55.8 Å². The first-order chi connectivity index (χ1) is 20.7. The minimum absolute atomic E-state index is 0.153. The Morgan fingerprint density at radius 1 is 0.864 bits per heavy atom. The molecule has 0 unspecified atom stereocenters. The maximum atomic E-state index is 13.1. The number of aliphatic hydroxyl groups excluding tert-OH is 1. The van der Waals surface area contributed by atoms with Gasteiger partial charge in [-0.1, -0.05) is 37.6 Å². The summed E-state index contributed by atoms with van der Waals surface area (Å²) >= 11 is 0. The van der Waals surface area contributed by atoms with Crippen LogP contribution in [0.15, 0.2) is 71.6 Å². The summed E-state index contributed by atoms with van der Waals surface area (Å²) in [6.45, 7) is 1.95. The topological polar surface area (TPSA) is 62.2 Å². The molecule has 1 amide bonds. The van der Waals surface area contributed by atoms with Crippen molar-refractivity contribution >= 4 is 16.1 Å². The molecule has 2 fully saturated rings. The van der Waals surface area contributed by atoms with E-state index in [1.165, 1.54) is 5.56 Å². The minimum atomic E-state index is -9.69. The molecule has 12 heteroatoms. The first-order valence-corrected chi connectivity index (χ1v) is 16.6. The SMILES string of the molecule is COC1CCC(c2ccc(Oc3ccc(C(=O)N4CCN(Cc5ccc(S(F)(F)(F)(F)F)cc5)CC4)cc3)c(CO)c2)CC1. The Balaban J connectivity index is 1.13. The fourth-order valence-corrected chi connectivity index (χ4v) is 6.55. The lowest BCUT2D eigenvalue weighted by Gasteiger charge is -2.40. The Morgan fingerprint density at radius 3 is 2.07 bits per heavy atom. The molecule has 1 heterocycles. The number of nitrogens with zero attached hydrogens (tertiary/aromatic N) is 2. The van der Waals surface area contributed by atoms with Crippen LogP contribution in [0.1, 0.15) is 58.6 Å². The molecule has 44 heavy (non-hydrogen) atoms. The predicted molar refractivity (Wildman–Crippen MR) is 160 cm³/mol. The number of piperazine rings is 1. The van der Waals surface area contributed by atoms with Crippen LogP contribution in [0.3, 0.4) is 0 Å². The number of rotatable bonds is 9. The Bertz CT molecular complexity index is 1450. The highest BCUT2D eigenvalue weighted by atomic mass is 32.5. The van der Waals surface area contributed by atoms with E-state index in [9.17, 15) is 29.3 Å². The molecule has 1 saturated carbocycles. The molecule has 0 spiro atoms. The van der Waals surface area contributed by atoms with Crippen LogP contribution in [0, 0.1) is 0 Å². The fourth-order valence-electron chi connectivity index (χ4n) is 5.90. The number of carbonyl (C=O) groups excluding carboxylic acids is 1. The summed E-state index contributed by atoms with van der Waals surface area (Å²) < 4.78 is 76.4. The van der Waals surface area contributed by atoms with E-state index in [1.54, 1.807) is 36.3 Å². The highest BCUT2D eigenvalue weighted by molar-refractivity contribution is 8.45. The van der Waals surface area contributed by atoms with E-state index in [1.807, 2.05) is 23.1 Å². The first-order valence-electron chi connectivity index (χ1n) is 14.6. The van der Waals surface area contributed by atoms with Gasteiger partial charge in [0.05, 0.1) is 12.7 Å². The van der Waals surface area contributed by atoms with Crippen molar-refractivity contribution < 1.29 is 38.8 Å². The molecule has 0 radical (unpaired) electrons. The summed E-state index contributed by atoms with van der Waals surface area (Å²) in [5.41, 5.74) is 2.85. The molecule has 240 valence electrons. The zero-order chi connectivity index (χ0) is 31.6. The van der Waals surface area contributed by atoms with Crippen molar-refractivity contribution in [3.05, 3.63) is 89.0 Å². The molecule has 1 saturated heterocycles. The maximum Gasteiger partial charge on any atom is 0.310 e. The van der Waals surface area contributed by atoms with Gasteiger partial charge in [0.25, 0.3) is 5.91 Å². The molecule has 6 nitrogen and oxygen atoms in total. The molecule has 0 aromatic heterocycles. The van der Waals surface area contributed by atoms with Gasteiger partial charge in [0.15, 0.2) is 0 Å². The number of methoxy groups -OCH3 is 1. The monoisotopic (exact) mass is 640 g/mol. The number of halogens is 5. The molecule has 5 rings (SSSR count). The number of aliphatic hydroxyl groups is 1. The number of benzene rings is 3. The zero-order valence-corrected chi connectivity index (χ0v) is 25.3. The summed E-state index contributed by atoms with van der Waals surface area (Å²) in [7, 11) is -7.94. The van der Waals surface area contributed by atoms with Crippen LogP contribution in [-0.2, 0) is 17.9 Å². The van der Waals surface area contributed by atoms with Crippen molar-refractivity contribution in [3.63, 3.8) is 0 Å². The van der Waals surface area contributed by atoms with Gasteiger partial charge in [-0.25, -0.2) is 0 Å². The molecule has 2 aliphatic rings. The average molecular weight is 641 g/mol. The van der Waals surface area contributed by atoms with E-state index < -0.39 is 15.1 Å². The van der Waals surface area contributed by atoms with E-state index in [2.05, 4.69) is 0 Å². The molecular formula is C32H37F5N2O4S. The quantitative estimate of drug-likeness (QED) is 0.239. The standard InChI is InChI=1S/C32H37F5N2O4S/c1-42-28-9-4-24(5-10-28)26-8-15-31(27(20-26)22-40)43-29-11-6-25(7-12-29)32(41)39-18-16-38(17-19-39)21-23-2-13-30(14-3-23)44(33,34,35,36)37/h2-3,6-8,11-15,20,24,28,40H,4-5,9-10,16-19,21-22H2,1H3. The highest BCUT2D eigenvalue weighted by Gasteiger charge is 2.65. The molecule has 3 aromatic carbocycles. The van der Waals surface area contributed by atoms with Crippen LogP contribution in [0.2, 0.25) is 0 Å². The lowest BCUT2D eigenvalue weighted by molar-refractivity contribution is 0.0628.